The minimum Gasteiger partial charge on any atom is -0.310 e. The van der Waals surface area contributed by atoms with Crippen LogP contribution in [0, 0.1) is 0 Å². The third-order valence-corrected chi connectivity index (χ3v) is 4.15. The molecule has 0 aromatic heterocycles. The average Bonchev–Trinajstić information content (AvgIpc) is 2.33. The predicted octanol–water partition coefficient (Wildman–Crippen LogP) is 5.12. The van der Waals surface area contributed by atoms with Gasteiger partial charge in [0.1, 0.15) is 0 Å². The van der Waals surface area contributed by atoms with Crippen molar-refractivity contribution in [2.75, 3.05) is 5.75 Å². The lowest BCUT2D eigenvalue weighted by Crippen LogP contribution is -2.22. The summed E-state index contributed by atoms with van der Waals surface area (Å²) in [6.45, 7) is 7.50. The standard InChI is InChI=1S/C15H24ClNS/c1-4-5-6-9-18-15-10-14(16)8-7-13(15)11-17-12(2)3/h7-8,10,12,17H,4-6,9,11H2,1-3H3. The zero-order chi connectivity index (χ0) is 13.4. The number of hydrogen-bond donors (Lipinski definition) is 1. The van der Waals surface area contributed by atoms with Gasteiger partial charge < -0.3 is 5.32 Å². The quantitative estimate of drug-likeness (QED) is 0.525. The fraction of sp³-hybridized carbons (Fsp3) is 0.600. The summed E-state index contributed by atoms with van der Waals surface area (Å²) in [4.78, 5) is 1.33. The zero-order valence-electron chi connectivity index (χ0n) is 11.6. The maximum absolute atomic E-state index is 6.09. The molecule has 0 fully saturated rings. The van der Waals surface area contributed by atoms with Crippen molar-refractivity contribution in [1.82, 2.24) is 5.32 Å². The number of benzene rings is 1. The average molecular weight is 286 g/mol. The highest BCUT2D eigenvalue weighted by Gasteiger charge is 2.05. The van der Waals surface area contributed by atoms with Crippen LogP contribution in [0.2, 0.25) is 5.02 Å². The van der Waals surface area contributed by atoms with Crippen LogP contribution in [-0.4, -0.2) is 11.8 Å². The van der Waals surface area contributed by atoms with Crippen molar-refractivity contribution in [2.45, 2.75) is 57.5 Å². The second kappa shape index (κ2) is 8.84. The summed E-state index contributed by atoms with van der Waals surface area (Å²) >= 11 is 8.01. The molecule has 1 rings (SSSR count). The van der Waals surface area contributed by atoms with Crippen LogP contribution in [0.3, 0.4) is 0 Å². The van der Waals surface area contributed by atoms with Crippen molar-refractivity contribution in [3.8, 4) is 0 Å². The van der Waals surface area contributed by atoms with Crippen LogP contribution >= 0.6 is 23.4 Å². The van der Waals surface area contributed by atoms with Gasteiger partial charge in [0.25, 0.3) is 0 Å². The Bertz CT molecular complexity index is 352. The van der Waals surface area contributed by atoms with Gasteiger partial charge in [-0.2, -0.15) is 0 Å². The van der Waals surface area contributed by atoms with Gasteiger partial charge in [-0.15, -0.1) is 11.8 Å². The van der Waals surface area contributed by atoms with Crippen LogP contribution in [0.25, 0.3) is 0 Å². The molecule has 0 saturated carbocycles. The first-order valence-electron chi connectivity index (χ1n) is 6.78. The first kappa shape index (κ1) is 15.9. The van der Waals surface area contributed by atoms with Crippen LogP contribution in [0.5, 0.6) is 0 Å². The zero-order valence-corrected chi connectivity index (χ0v) is 13.2. The molecule has 1 nitrogen and oxygen atoms in total. The Morgan fingerprint density at radius 2 is 2.06 bits per heavy atom. The first-order valence-corrected chi connectivity index (χ1v) is 8.14. The summed E-state index contributed by atoms with van der Waals surface area (Å²) in [6, 6.07) is 6.73. The lowest BCUT2D eigenvalue weighted by molar-refractivity contribution is 0.585. The van der Waals surface area contributed by atoms with E-state index >= 15 is 0 Å². The molecule has 0 unspecified atom stereocenters. The summed E-state index contributed by atoms with van der Waals surface area (Å²) in [5, 5.41) is 4.30. The van der Waals surface area contributed by atoms with Crippen molar-refractivity contribution in [3.05, 3.63) is 28.8 Å². The molecule has 0 aliphatic heterocycles. The Morgan fingerprint density at radius 1 is 1.28 bits per heavy atom. The first-order chi connectivity index (χ1) is 8.63. The molecular formula is C15H24ClNS. The molecule has 1 aromatic carbocycles. The highest BCUT2D eigenvalue weighted by atomic mass is 35.5. The summed E-state index contributed by atoms with van der Waals surface area (Å²) in [6.07, 6.45) is 3.87. The van der Waals surface area contributed by atoms with E-state index in [1.807, 2.05) is 17.8 Å². The van der Waals surface area contributed by atoms with Crippen molar-refractivity contribution in [3.63, 3.8) is 0 Å². The van der Waals surface area contributed by atoms with Crippen molar-refractivity contribution >= 4 is 23.4 Å². The van der Waals surface area contributed by atoms with Crippen molar-refractivity contribution < 1.29 is 0 Å². The molecule has 0 radical (unpaired) electrons. The van der Waals surface area contributed by atoms with Gasteiger partial charge >= 0.3 is 0 Å². The van der Waals surface area contributed by atoms with E-state index in [-0.39, 0.29) is 0 Å². The fourth-order valence-electron chi connectivity index (χ4n) is 1.66. The van der Waals surface area contributed by atoms with Crippen molar-refractivity contribution in [1.29, 1.82) is 0 Å². The molecule has 0 aliphatic rings. The predicted molar refractivity (Wildman–Crippen MR) is 83.7 cm³/mol. The molecule has 3 heteroatoms. The second-order valence-electron chi connectivity index (χ2n) is 4.84. The molecule has 1 N–H and O–H groups in total. The number of thioether (sulfide) groups is 1. The Labute approximate surface area is 121 Å². The van der Waals surface area contributed by atoms with E-state index < -0.39 is 0 Å². The topological polar surface area (TPSA) is 12.0 Å². The molecule has 0 atom stereocenters. The highest BCUT2D eigenvalue weighted by molar-refractivity contribution is 7.99. The molecule has 0 bridgehead atoms. The molecular weight excluding hydrogens is 262 g/mol. The van der Waals surface area contributed by atoms with Gasteiger partial charge in [0.2, 0.25) is 0 Å². The van der Waals surface area contributed by atoms with Gasteiger partial charge in [0, 0.05) is 22.5 Å². The Morgan fingerprint density at radius 3 is 2.72 bits per heavy atom. The number of halogens is 1. The number of unbranched alkanes of at least 4 members (excludes halogenated alkanes) is 2. The monoisotopic (exact) mass is 285 g/mol. The van der Waals surface area contributed by atoms with Gasteiger partial charge in [-0.3, -0.25) is 0 Å². The van der Waals surface area contributed by atoms with Crippen LogP contribution in [0.1, 0.15) is 45.6 Å². The molecule has 0 aliphatic carbocycles. The molecule has 0 amide bonds. The van der Waals surface area contributed by atoms with E-state index in [0.717, 1.165) is 11.6 Å². The van der Waals surface area contributed by atoms with E-state index in [1.54, 1.807) is 0 Å². The van der Waals surface area contributed by atoms with E-state index in [0.29, 0.717) is 6.04 Å². The molecule has 102 valence electrons. The minimum atomic E-state index is 0.513. The lowest BCUT2D eigenvalue weighted by Gasteiger charge is -2.12. The third-order valence-electron chi connectivity index (χ3n) is 2.74. The molecule has 0 saturated heterocycles. The Hall–Kier alpha value is -0.180. The maximum atomic E-state index is 6.09. The van der Waals surface area contributed by atoms with E-state index in [4.69, 9.17) is 11.6 Å². The summed E-state index contributed by atoms with van der Waals surface area (Å²) in [5.74, 6) is 1.18. The molecule has 18 heavy (non-hydrogen) atoms. The Balaban J connectivity index is 2.58. The van der Waals surface area contributed by atoms with Crippen LogP contribution < -0.4 is 5.32 Å². The molecule has 1 aromatic rings. The summed E-state index contributed by atoms with van der Waals surface area (Å²) < 4.78 is 0. The van der Waals surface area contributed by atoms with Gasteiger partial charge in [0.15, 0.2) is 0 Å². The SMILES string of the molecule is CCCCCSc1cc(Cl)ccc1CNC(C)C. The van der Waals surface area contributed by atoms with Gasteiger partial charge in [-0.1, -0.05) is 51.3 Å². The van der Waals surface area contributed by atoms with Crippen LogP contribution in [0.15, 0.2) is 23.1 Å². The normalized spacial score (nSPS) is 11.2. The maximum Gasteiger partial charge on any atom is 0.0417 e. The summed E-state index contributed by atoms with van der Waals surface area (Å²) in [7, 11) is 0. The van der Waals surface area contributed by atoms with Gasteiger partial charge in [0.05, 0.1) is 0 Å². The molecule has 0 heterocycles. The fourth-order valence-corrected chi connectivity index (χ4v) is 3.00. The minimum absolute atomic E-state index is 0.513. The van der Waals surface area contributed by atoms with Crippen LogP contribution in [-0.2, 0) is 6.54 Å². The summed E-state index contributed by atoms with van der Waals surface area (Å²) in [5.41, 5.74) is 1.36. The number of hydrogen-bond acceptors (Lipinski definition) is 2. The lowest BCUT2D eigenvalue weighted by atomic mass is 10.2. The second-order valence-corrected chi connectivity index (χ2v) is 6.42. The van der Waals surface area contributed by atoms with E-state index in [2.05, 4.69) is 38.2 Å². The largest absolute Gasteiger partial charge is 0.310 e. The highest BCUT2D eigenvalue weighted by Crippen LogP contribution is 2.27. The number of nitrogens with one attached hydrogen (secondary N) is 1. The Kier molecular flexibility index (Phi) is 7.80. The number of rotatable bonds is 8. The van der Waals surface area contributed by atoms with Gasteiger partial charge in [-0.05, 0) is 29.9 Å². The van der Waals surface area contributed by atoms with Gasteiger partial charge in [-0.25, -0.2) is 0 Å². The van der Waals surface area contributed by atoms with Crippen LogP contribution in [0.4, 0.5) is 0 Å². The van der Waals surface area contributed by atoms with Crippen molar-refractivity contribution in [2.24, 2.45) is 0 Å². The third kappa shape index (κ3) is 6.12. The van der Waals surface area contributed by atoms with E-state index in [1.165, 1.54) is 35.5 Å². The molecule has 0 spiro atoms. The van der Waals surface area contributed by atoms with E-state index in [9.17, 15) is 0 Å². The smallest absolute Gasteiger partial charge is 0.0417 e.